The highest BCUT2D eigenvalue weighted by molar-refractivity contribution is 7.90. The van der Waals surface area contributed by atoms with E-state index >= 15 is 0 Å². The van der Waals surface area contributed by atoms with Crippen LogP contribution >= 0.6 is 23.2 Å². The maximum absolute atomic E-state index is 12.5. The van der Waals surface area contributed by atoms with Crippen molar-refractivity contribution in [2.24, 2.45) is 5.92 Å². The Morgan fingerprint density at radius 3 is 2.40 bits per heavy atom. The third kappa shape index (κ3) is 7.47. The van der Waals surface area contributed by atoms with Crippen LogP contribution in [0.2, 0.25) is 10.0 Å². The van der Waals surface area contributed by atoms with E-state index < -0.39 is 22.0 Å². The first-order valence-corrected chi connectivity index (χ1v) is 13.3. The zero-order chi connectivity index (χ0) is 25.6. The van der Waals surface area contributed by atoms with Crippen molar-refractivity contribution in [3.63, 3.8) is 0 Å². The summed E-state index contributed by atoms with van der Waals surface area (Å²) >= 11 is 12.1. The fourth-order valence-electron chi connectivity index (χ4n) is 3.66. The van der Waals surface area contributed by atoms with Gasteiger partial charge in [0.15, 0.2) is 0 Å². The lowest BCUT2D eigenvalue weighted by molar-refractivity contribution is 0.0951. The van der Waals surface area contributed by atoms with Crippen LogP contribution in [-0.2, 0) is 16.4 Å². The van der Waals surface area contributed by atoms with Crippen molar-refractivity contribution in [2.75, 3.05) is 26.7 Å². The molecule has 0 spiro atoms. The van der Waals surface area contributed by atoms with E-state index in [4.69, 9.17) is 27.9 Å². The SMILES string of the molecule is COc1c(Cl)cc(Cl)cc1C(=O)NCCc1ccc(S(=O)(=O)NC(=O)NN2CCC(C)CC2)cc1. The molecule has 1 saturated heterocycles. The highest BCUT2D eigenvalue weighted by atomic mass is 35.5. The molecular weight excluding hydrogens is 515 g/mol. The molecule has 3 rings (SSSR count). The maximum Gasteiger partial charge on any atom is 0.343 e. The topological polar surface area (TPSA) is 117 Å². The number of rotatable bonds is 8. The first-order chi connectivity index (χ1) is 16.6. The number of hydrazine groups is 1. The zero-order valence-electron chi connectivity index (χ0n) is 19.4. The van der Waals surface area contributed by atoms with Gasteiger partial charge in [-0.3, -0.25) is 10.2 Å². The number of nitrogens with zero attached hydrogens (tertiary/aromatic N) is 1. The Morgan fingerprint density at radius 2 is 1.77 bits per heavy atom. The summed E-state index contributed by atoms with van der Waals surface area (Å²) in [5.41, 5.74) is 3.60. The van der Waals surface area contributed by atoms with E-state index in [-0.39, 0.29) is 27.8 Å². The molecule has 2 aromatic carbocycles. The summed E-state index contributed by atoms with van der Waals surface area (Å²) in [5.74, 6) is 0.420. The third-order valence-electron chi connectivity index (χ3n) is 5.66. The van der Waals surface area contributed by atoms with Crippen molar-refractivity contribution in [1.29, 1.82) is 0 Å². The first-order valence-electron chi connectivity index (χ1n) is 11.1. The van der Waals surface area contributed by atoms with Gasteiger partial charge in [0.2, 0.25) is 0 Å². The summed E-state index contributed by atoms with van der Waals surface area (Å²) in [6, 6.07) is 8.24. The van der Waals surface area contributed by atoms with Crippen LogP contribution in [0.5, 0.6) is 5.75 Å². The van der Waals surface area contributed by atoms with Gasteiger partial charge in [-0.2, -0.15) is 0 Å². The standard InChI is InChI=1S/C23H28Cl2N4O5S/c1-15-8-11-29(12-9-15)27-23(31)28-35(32,33)18-5-3-16(4-6-18)7-10-26-22(30)19-13-17(24)14-20(25)21(19)34-2/h3-6,13-15H,7-12H2,1-2H3,(H,26,30)(H2,27,28,31). The Bertz CT molecular complexity index is 1170. The number of carbonyl (C=O) groups is 2. The molecule has 190 valence electrons. The Balaban J connectivity index is 1.52. The Labute approximate surface area is 215 Å². The molecule has 2 aromatic rings. The van der Waals surface area contributed by atoms with E-state index in [2.05, 4.69) is 17.7 Å². The lowest BCUT2D eigenvalue weighted by Gasteiger charge is -2.30. The average Bonchev–Trinajstić information content (AvgIpc) is 2.80. The molecule has 1 aliphatic heterocycles. The molecule has 0 radical (unpaired) electrons. The molecule has 1 fully saturated rings. The fourth-order valence-corrected chi connectivity index (χ4v) is 5.13. The Morgan fingerprint density at radius 1 is 1.11 bits per heavy atom. The Hall–Kier alpha value is -2.53. The number of sulfonamides is 1. The number of benzene rings is 2. The number of piperidine rings is 1. The number of nitrogens with one attached hydrogen (secondary N) is 3. The minimum Gasteiger partial charge on any atom is -0.494 e. The summed E-state index contributed by atoms with van der Waals surface area (Å²) in [4.78, 5) is 24.6. The van der Waals surface area contributed by atoms with Crippen molar-refractivity contribution >= 4 is 45.2 Å². The van der Waals surface area contributed by atoms with Crippen LogP contribution < -0.4 is 20.2 Å². The largest absolute Gasteiger partial charge is 0.494 e. The lowest BCUT2D eigenvalue weighted by atomic mass is 10.0. The second-order valence-electron chi connectivity index (χ2n) is 8.33. The highest BCUT2D eigenvalue weighted by Gasteiger charge is 2.22. The predicted octanol–water partition coefficient (Wildman–Crippen LogP) is 3.61. The van der Waals surface area contributed by atoms with E-state index in [0.29, 0.717) is 30.5 Å². The fraction of sp³-hybridized carbons (Fsp3) is 0.391. The number of hydrogen-bond acceptors (Lipinski definition) is 6. The van der Waals surface area contributed by atoms with E-state index in [9.17, 15) is 18.0 Å². The van der Waals surface area contributed by atoms with Gasteiger partial charge in [0, 0.05) is 24.7 Å². The van der Waals surface area contributed by atoms with E-state index in [1.54, 1.807) is 17.1 Å². The van der Waals surface area contributed by atoms with Gasteiger partial charge in [0.1, 0.15) is 5.75 Å². The van der Waals surface area contributed by atoms with Crippen LogP contribution in [0.15, 0.2) is 41.3 Å². The molecule has 1 heterocycles. The van der Waals surface area contributed by atoms with Gasteiger partial charge in [0.05, 0.1) is 22.6 Å². The number of ether oxygens (including phenoxy) is 1. The van der Waals surface area contributed by atoms with Gasteiger partial charge in [0.25, 0.3) is 15.9 Å². The smallest absolute Gasteiger partial charge is 0.343 e. The zero-order valence-corrected chi connectivity index (χ0v) is 21.8. The molecule has 9 nitrogen and oxygen atoms in total. The molecule has 0 aliphatic carbocycles. The van der Waals surface area contributed by atoms with Crippen molar-refractivity contribution in [2.45, 2.75) is 31.1 Å². The van der Waals surface area contributed by atoms with Crippen LogP contribution in [0.3, 0.4) is 0 Å². The summed E-state index contributed by atoms with van der Waals surface area (Å²) in [6.07, 6.45) is 2.33. The second-order valence-corrected chi connectivity index (χ2v) is 10.9. The van der Waals surface area contributed by atoms with E-state index in [1.807, 2.05) is 4.72 Å². The van der Waals surface area contributed by atoms with Gasteiger partial charge in [-0.15, -0.1) is 0 Å². The van der Waals surface area contributed by atoms with Crippen molar-refractivity contribution in [3.8, 4) is 5.75 Å². The van der Waals surface area contributed by atoms with Gasteiger partial charge in [-0.1, -0.05) is 42.3 Å². The molecule has 3 N–H and O–H groups in total. The molecule has 3 amide bonds. The number of carbonyl (C=O) groups excluding carboxylic acids is 2. The van der Waals surface area contributed by atoms with Gasteiger partial charge in [-0.05, 0) is 55.0 Å². The number of amides is 3. The number of halogens is 2. The van der Waals surface area contributed by atoms with E-state index in [0.717, 1.165) is 18.4 Å². The van der Waals surface area contributed by atoms with Gasteiger partial charge < -0.3 is 10.1 Å². The van der Waals surface area contributed by atoms with Crippen molar-refractivity contribution in [3.05, 3.63) is 57.6 Å². The van der Waals surface area contributed by atoms with Crippen LogP contribution in [0.4, 0.5) is 4.79 Å². The summed E-state index contributed by atoms with van der Waals surface area (Å²) in [5, 5.41) is 5.02. The highest BCUT2D eigenvalue weighted by Crippen LogP contribution is 2.32. The molecule has 0 atom stereocenters. The summed E-state index contributed by atoms with van der Waals surface area (Å²) in [6.45, 7) is 3.78. The minimum absolute atomic E-state index is 0.0361. The van der Waals surface area contributed by atoms with E-state index in [1.165, 1.54) is 31.4 Å². The monoisotopic (exact) mass is 542 g/mol. The molecular formula is C23H28Cl2N4O5S. The normalized spacial score (nSPS) is 14.9. The first kappa shape index (κ1) is 27.1. The molecule has 1 aliphatic rings. The van der Waals surface area contributed by atoms with Crippen molar-refractivity contribution < 1.29 is 22.7 Å². The average molecular weight is 543 g/mol. The molecule has 0 unspecified atom stereocenters. The Kier molecular flexibility index (Phi) is 9.23. The van der Waals surface area contributed by atoms with Gasteiger partial charge >= 0.3 is 6.03 Å². The maximum atomic E-state index is 12.5. The number of urea groups is 1. The second kappa shape index (κ2) is 11.9. The van der Waals surface area contributed by atoms with Gasteiger partial charge in [-0.25, -0.2) is 22.9 Å². The van der Waals surface area contributed by atoms with Crippen molar-refractivity contribution in [1.82, 2.24) is 20.5 Å². The molecule has 0 saturated carbocycles. The minimum atomic E-state index is -4.02. The molecule has 12 heteroatoms. The number of methoxy groups -OCH3 is 1. The van der Waals surface area contributed by atoms with Crippen LogP contribution in [0, 0.1) is 5.92 Å². The van der Waals surface area contributed by atoms with Crippen LogP contribution in [0.1, 0.15) is 35.7 Å². The summed E-state index contributed by atoms with van der Waals surface area (Å²) in [7, 11) is -2.61. The number of hydrogen-bond donors (Lipinski definition) is 3. The summed E-state index contributed by atoms with van der Waals surface area (Å²) < 4.78 is 32.3. The molecule has 0 aromatic heterocycles. The predicted molar refractivity (Wildman–Crippen MR) is 134 cm³/mol. The molecule has 0 bridgehead atoms. The lowest BCUT2D eigenvalue weighted by Crippen LogP contribution is -2.51. The van der Waals surface area contributed by atoms with Crippen LogP contribution in [-0.4, -0.2) is 52.1 Å². The molecule has 35 heavy (non-hydrogen) atoms. The van der Waals surface area contributed by atoms with Crippen LogP contribution in [0.25, 0.3) is 0 Å². The third-order valence-corrected chi connectivity index (χ3v) is 7.51. The quantitative estimate of drug-likeness (QED) is 0.469.